The molecule has 1 heterocycles. The van der Waals surface area contributed by atoms with Crippen molar-refractivity contribution in [2.45, 2.75) is 30.4 Å². The smallest absolute Gasteiger partial charge is 0.334 e. The van der Waals surface area contributed by atoms with Crippen molar-refractivity contribution in [3.63, 3.8) is 0 Å². The highest BCUT2D eigenvalue weighted by Crippen LogP contribution is 2.22. The molecule has 126 valence electrons. The average molecular weight is 339 g/mol. The molecule has 1 aromatic rings. The largest absolute Gasteiger partial charge is 0.497 e. The van der Waals surface area contributed by atoms with E-state index in [1.807, 2.05) is 24.3 Å². The number of hydrogen-bond donors (Lipinski definition) is 1. The molecular weight excluding hydrogens is 318 g/mol. The normalized spacial score (nSPS) is 21.0. The Balaban J connectivity index is 1.80. The number of carbonyl (C=O) groups excluding carboxylic acids is 1. The van der Waals surface area contributed by atoms with Gasteiger partial charge >= 0.3 is 5.97 Å². The summed E-state index contributed by atoms with van der Waals surface area (Å²) in [6, 6.07) is 7.66. The van der Waals surface area contributed by atoms with Crippen molar-refractivity contribution in [3.8, 4) is 5.75 Å². The number of hydrogen-bond acceptors (Lipinski definition) is 5. The number of rotatable bonds is 6. The van der Waals surface area contributed by atoms with E-state index in [0.717, 1.165) is 10.6 Å². The second kappa shape index (κ2) is 8.21. The van der Waals surface area contributed by atoms with Gasteiger partial charge in [0.05, 0.1) is 19.8 Å². The van der Waals surface area contributed by atoms with E-state index < -0.39 is 12.1 Å². The Kier molecular flexibility index (Phi) is 6.29. The first kappa shape index (κ1) is 17.6. The molecule has 1 fully saturated rings. The van der Waals surface area contributed by atoms with E-state index in [2.05, 4.69) is 0 Å². The Hall–Kier alpha value is -1.73. The number of carboxylic acids is 1. The van der Waals surface area contributed by atoms with Gasteiger partial charge in [-0.3, -0.25) is 4.79 Å². The fraction of sp³-hybridized carbons (Fsp3) is 0.500. The number of morpholine rings is 1. The maximum atomic E-state index is 12.2. The maximum Gasteiger partial charge on any atom is 0.334 e. The van der Waals surface area contributed by atoms with Crippen molar-refractivity contribution in [2.24, 2.45) is 0 Å². The molecule has 1 aromatic carbocycles. The predicted molar refractivity (Wildman–Crippen MR) is 86.9 cm³/mol. The number of carbonyl (C=O) groups is 2. The molecule has 0 saturated carbocycles. The highest BCUT2D eigenvalue weighted by molar-refractivity contribution is 7.99. The molecule has 0 radical (unpaired) electrons. The van der Waals surface area contributed by atoms with Gasteiger partial charge in [-0.1, -0.05) is 0 Å². The molecule has 6 nitrogen and oxygen atoms in total. The summed E-state index contributed by atoms with van der Waals surface area (Å²) in [7, 11) is 1.62. The van der Waals surface area contributed by atoms with Crippen LogP contribution in [0.2, 0.25) is 0 Å². The first-order chi connectivity index (χ1) is 11.0. The second-order valence-electron chi connectivity index (χ2n) is 5.35. The number of thioether (sulfide) groups is 1. The predicted octanol–water partition coefficient (Wildman–Crippen LogP) is 1.88. The fourth-order valence-electron chi connectivity index (χ4n) is 2.38. The zero-order valence-electron chi connectivity index (χ0n) is 13.2. The second-order valence-corrected chi connectivity index (χ2v) is 6.51. The van der Waals surface area contributed by atoms with Gasteiger partial charge in [-0.2, -0.15) is 0 Å². The van der Waals surface area contributed by atoms with Crippen LogP contribution >= 0.6 is 11.8 Å². The Morgan fingerprint density at radius 1 is 1.35 bits per heavy atom. The monoisotopic (exact) mass is 339 g/mol. The lowest BCUT2D eigenvalue weighted by atomic mass is 10.2. The van der Waals surface area contributed by atoms with Gasteiger partial charge in [0.25, 0.3) is 0 Å². The number of methoxy groups -OCH3 is 1. The van der Waals surface area contributed by atoms with E-state index >= 15 is 0 Å². The number of carboxylic acid groups (broad SMARTS) is 1. The minimum absolute atomic E-state index is 0.0348. The van der Waals surface area contributed by atoms with Gasteiger partial charge in [0.1, 0.15) is 5.75 Å². The molecule has 1 amide bonds. The lowest BCUT2D eigenvalue weighted by Gasteiger charge is -2.35. The first-order valence-corrected chi connectivity index (χ1v) is 8.41. The summed E-state index contributed by atoms with van der Waals surface area (Å²) < 4.78 is 10.4. The van der Waals surface area contributed by atoms with Crippen LogP contribution in [-0.4, -0.2) is 60.0 Å². The Morgan fingerprint density at radius 3 is 2.65 bits per heavy atom. The van der Waals surface area contributed by atoms with E-state index in [1.54, 1.807) is 30.7 Å². The highest BCUT2D eigenvalue weighted by atomic mass is 32.2. The zero-order chi connectivity index (χ0) is 16.8. The third kappa shape index (κ3) is 5.14. The topological polar surface area (TPSA) is 76.1 Å². The molecule has 0 aliphatic carbocycles. The first-order valence-electron chi connectivity index (χ1n) is 7.42. The molecule has 23 heavy (non-hydrogen) atoms. The zero-order valence-corrected chi connectivity index (χ0v) is 14.0. The SMILES string of the molecule is COc1ccc(SCCC(=O)N2CC(C(=O)O)O[C@H](C)C2)cc1. The molecule has 1 aliphatic heterocycles. The van der Waals surface area contributed by atoms with E-state index in [9.17, 15) is 9.59 Å². The Morgan fingerprint density at radius 2 is 2.04 bits per heavy atom. The Labute approximate surface area is 139 Å². The van der Waals surface area contributed by atoms with Crippen LogP contribution < -0.4 is 4.74 Å². The van der Waals surface area contributed by atoms with Crippen LogP contribution in [0.15, 0.2) is 29.2 Å². The lowest BCUT2D eigenvalue weighted by Crippen LogP contribution is -2.51. The van der Waals surface area contributed by atoms with Crippen molar-refractivity contribution in [1.29, 1.82) is 0 Å². The molecular formula is C16H21NO5S. The number of nitrogens with zero attached hydrogens (tertiary/aromatic N) is 1. The van der Waals surface area contributed by atoms with E-state index in [1.165, 1.54) is 0 Å². The van der Waals surface area contributed by atoms with Crippen LogP contribution in [0, 0.1) is 0 Å². The molecule has 1 aliphatic rings. The van der Waals surface area contributed by atoms with Crippen LogP contribution in [0.1, 0.15) is 13.3 Å². The van der Waals surface area contributed by atoms with Gasteiger partial charge in [0.2, 0.25) is 5.91 Å². The summed E-state index contributed by atoms with van der Waals surface area (Å²) in [5.74, 6) is 0.385. The molecule has 1 unspecified atom stereocenters. The number of amides is 1. The summed E-state index contributed by atoms with van der Waals surface area (Å²) in [5.41, 5.74) is 0. The molecule has 0 aromatic heterocycles. The van der Waals surface area contributed by atoms with Crippen LogP contribution in [0.5, 0.6) is 5.75 Å². The summed E-state index contributed by atoms with van der Waals surface area (Å²) in [6.07, 6.45) is -0.824. The summed E-state index contributed by atoms with van der Waals surface area (Å²) >= 11 is 1.59. The van der Waals surface area contributed by atoms with Gasteiger partial charge in [-0.15, -0.1) is 11.8 Å². The molecule has 0 spiro atoms. The summed E-state index contributed by atoms with van der Waals surface area (Å²) in [4.78, 5) is 25.9. The summed E-state index contributed by atoms with van der Waals surface area (Å²) in [5, 5.41) is 9.05. The average Bonchev–Trinajstić information content (AvgIpc) is 2.54. The van der Waals surface area contributed by atoms with Crippen molar-refractivity contribution < 1.29 is 24.2 Å². The van der Waals surface area contributed by atoms with Crippen molar-refractivity contribution in [3.05, 3.63) is 24.3 Å². The summed E-state index contributed by atoms with van der Waals surface area (Å²) in [6.45, 7) is 2.34. The Bertz CT molecular complexity index is 548. The molecule has 7 heteroatoms. The minimum Gasteiger partial charge on any atom is -0.497 e. The molecule has 0 bridgehead atoms. The maximum absolute atomic E-state index is 12.2. The van der Waals surface area contributed by atoms with Gasteiger partial charge in [-0.25, -0.2) is 4.79 Å². The van der Waals surface area contributed by atoms with Crippen molar-refractivity contribution in [2.75, 3.05) is 26.0 Å². The number of ether oxygens (including phenoxy) is 2. The van der Waals surface area contributed by atoms with E-state index in [0.29, 0.717) is 18.7 Å². The molecule has 1 N–H and O–H groups in total. The van der Waals surface area contributed by atoms with Crippen molar-refractivity contribution >= 4 is 23.6 Å². The van der Waals surface area contributed by atoms with Gasteiger partial charge in [0, 0.05) is 23.6 Å². The standard InChI is InChI=1S/C16H21NO5S/c1-11-9-17(10-14(22-11)16(19)20)15(18)7-8-23-13-5-3-12(21-2)4-6-13/h3-6,11,14H,7-10H2,1-2H3,(H,19,20)/t11-,14?/m1/s1. The minimum atomic E-state index is -1.03. The third-order valence-corrected chi connectivity index (χ3v) is 4.55. The molecule has 2 atom stereocenters. The van der Waals surface area contributed by atoms with Crippen molar-refractivity contribution in [1.82, 2.24) is 4.90 Å². The van der Waals surface area contributed by atoms with E-state index in [-0.39, 0.29) is 18.6 Å². The van der Waals surface area contributed by atoms with Crippen LogP contribution in [0.4, 0.5) is 0 Å². The molecule has 1 saturated heterocycles. The van der Waals surface area contributed by atoms with Crippen LogP contribution in [-0.2, 0) is 14.3 Å². The quantitative estimate of drug-likeness (QED) is 0.798. The molecule has 2 rings (SSSR count). The third-order valence-electron chi connectivity index (χ3n) is 3.53. The van der Waals surface area contributed by atoms with Gasteiger partial charge in [0.15, 0.2) is 6.10 Å². The van der Waals surface area contributed by atoms with Gasteiger partial charge < -0.3 is 19.5 Å². The van der Waals surface area contributed by atoms with Crippen LogP contribution in [0.25, 0.3) is 0 Å². The number of benzene rings is 1. The van der Waals surface area contributed by atoms with Gasteiger partial charge in [-0.05, 0) is 31.2 Å². The van der Waals surface area contributed by atoms with E-state index in [4.69, 9.17) is 14.6 Å². The highest BCUT2D eigenvalue weighted by Gasteiger charge is 2.32. The van der Waals surface area contributed by atoms with Crippen LogP contribution in [0.3, 0.4) is 0 Å². The fourth-order valence-corrected chi connectivity index (χ4v) is 3.22. The number of aliphatic carboxylic acids is 1. The lowest BCUT2D eigenvalue weighted by molar-refractivity contribution is -0.166.